The molecular formula is C17H10F2N4O. The molecule has 0 atom stereocenters. The van der Waals surface area contributed by atoms with E-state index in [-0.39, 0.29) is 16.9 Å². The number of carbonyl (C=O) groups excluding carboxylic acids is 1. The number of amides is 1. The maximum atomic E-state index is 13.3. The zero-order valence-corrected chi connectivity index (χ0v) is 12.2. The van der Waals surface area contributed by atoms with E-state index in [1.807, 2.05) is 0 Å². The molecule has 0 aliphatic heterocycles. The van der Waals surface area contributed by atoms with Crippen LogP contribution in [-0.4, -0.2) is 15.7 Å². The molecule has 0 spiro atoms. The molecule has 7 heteroatoms. The van der Waals surface area contributed by atoms with Crippen molar-refractivity contribution in [2.24, 2.45) is 0 Å². The Kier molecular flexibility index (Phi) is 4.03. The van der Waals surface area contributed by atoms with Crippen molar-refractivity contribution in [3.8, 4) is 11.8 Å². The summed E-state index contributed by atoms with van der Waals surface area (Å²) in [6.45, 7) is 0. The molecule has 118 valence electrons. The normalized spacial score (nSPS) is 10.2. The highest BCUT2D eigenvalue weighted by atomic mass is 19.1. The number of nitriles is 1. The highest BCUT2D eigenvalue weighted by Crippen LogP contribution is 2.15. The van der Waals surface area contributed by atoms with Gasteiger partial charge in [-0.1, -0.05) is 6.07 Å². The maximum Gasteiger partial charge on any atom is 0.276 e. The van der Waals surface area contributed by atoms with Crippen molar-refractivity contribution in [2.45, 2.75) is 0 Å². The molecule has 1 heterocycles. The summed E-state index contributed by atoms with van der Waals surface area (Å²) in [4.78, 5) is 12.2. The summed E-state index contributed by atoms with van der Waals surface area (Å²) in [7, 11) is 0. The molecule has 3 aromatic rings. The second-order valence-electron chi connectivity index (χ2n) is 4.89. The standard InChI is InChI=1S/C17H10F2N4O/c18-12-2-1-3-14(9-12)23-7-6-16(22-23)17(24)21-13-4-5-15(19)11(8-13)10-20/h1-9H,(H,21,24). The van der Waals surface area contributed by atoms with Gasteiger partial charge in [0.2, 0.25) is 0 Å². The van der Waals surface area contributed by atoms with Gasteiger partial charge >= 0.3 is 0 Å². The van der Waals surface area contributed by atoms with Gasteiger partial charge in [0.05, 0.1) is 11.3 Å². The summed E-state index contributed by atoms with van der Waals surface area (Å²) in [6, 6.07) is 12.6. The van der Waals surface area contributed by atoms with E-state index in [4.69, 9.17) is 5.26 Å². The molecule has 24 heavy (non-hydrogen) atoms. The fourth-order valence-electron chi connectivity index (χ4n) is 2.09. The summed E-state index contributed by atoms with van der Waals surface area (Å²) in [5, 5.41) is 15.4. The average Bonchev–Trinajstić information content (AvgIpc) is 3.07. The quantitative estimate of drug-likeness (QED) is 0.804. The third kappa shape index (κ3) is 3.13. The van der Waals surface area contributed by atoms with Crippen LogP contribution in [0.3, 0.4) is 0 Å². The largest absolute Gasteiger partial charge is 0.321 e. The summed E-state index contributed by atoms with van der Waals surface area (Å²) in [5.41, 5.74) is 0.682. The first kappa shape index (κ1) is 15.4. The molecule has 0 saturated carbocycles. The molecule has 1 amide bonds. The van der Waals surface area contributed by atoms with E-state index in [1.165, 1.54) is 47.3 Å². The Labute approximate surface area is 135 Å². The predicted octanol–water partition coefficient (Wildman–Crippen LogP) is 3.27. The zero-order chi connectivity index (χ0) is 17.1. The number of nitrogens with one attached hydrogen (secondary N) is 1. The van der Waals surface area contributed by atoms with Crippen LogP contribution in [0.5, 0.6) is 0 Å². The number of hydrogen-bond donors (Lipinski definition) is 1. The minimum atomic E-state index is -0.661. The molecular weight excluding hydrogens is 314 g/mol. The van der Waals surface area contributed by atoms with Gasteiger partial charge in [0.1, 0.15) is 17.7 Å². The van der Waals surface area contributed by atoms with E-state index < -0.39 is 17.5 Å². The number of halogens is 2. The molecule has 1 N–H and O–H groups in total. The SMILES string of the molecule is N#Cc1cc(NC(=O)c2ccn(-c3cccc(F)c3)n2)ccc1F. The van der Waals surface area contributed by atoms with Gasteiger partial charge in [0.15, 0.2) is 5.69 Å². The second kappa shape index (κ2) is 6.30. The molecule has 0 radical (unpaired) electrons. The van der Waals surface area contributed by atoms with Crippen molar-refractivity contribution in [2.75, 3.05) is 5.32 Å². The van der Waals surface area contributed by atoms with Gasteiger partial charge in [-0.2, -0.15) is 10.4 Å². The molecule has 3 rings (SSSR count). The van der Waals surface area contributed by atoms with Gasteiger partial charge in [0.25, 0.3) is 5.91 Å². The summed E-state index contributed by atoms with van der Waals surface area (Å²) < 4.78 is 27.9. The van der Waals surface area contributed by atoms with Crippen molar-refractivity contribution in [1.82, 2.24) is 9.78 Å². The van der Waals surface area contributed by atoms with E-state index in [2.05, 4.69) is 10.4 Å². The van der Waals surface area contributed by atoms with E-state index >= 15 is 0 Å². The number of rotatable bonds is 3. The Morgan fingerprint density at radius 2 is 2.00 bits per heavy atom. The fraction of sp³-hybridized carbons (Fsp3) is 0. The summed E-state index contributed by atoms with van der Waals surface area (Å²) in [5.74, 6) is -1.60. The highest BCUT2D eigenvalue weighted by molar-refractivity contribution is 6.02. The van der Waals surface area contributed by atoms with Crippen LogP contribution in [0.25, 0.3) is 5.69 Å². The van der Waals surface area contributed by atoms with Crippen LogP contribution in [0, 0.1) is 23.0 Å². The Bertz CT molecular complexity index is 959. The Hall–Kier alpha value is -3.53. The van der Waals surface area contributed by atoms with Gasteiger partial charge in [-0.05, 0) is 42.5 Å². The van der Waals surface area contributed by atoms with E-state index in [1.54, 1.807) is 12.1 Å². The number of benzene rings is 2. The molecule has 5 nitrogen and oxygen atoms in total. The molecule has 1 aromatic heterocycles. The molecule has 2 aromatic carbocycles. The van der Waals surface area contributed by atoms with E-state index in [0.29, 0.717) is 5.69 Å². The third-order valence-electron chi connectivity index (χ3n) is 3.24. The summed E-state index contributed by atoms with van der Waals surface area (Å²) in [6.07, 6.45) is 1.52. The minimum absolute atomic E-state index is 0.0992. The molecule has 0 saturated heterocycles. The van der Waals surface area contributed by atoms with Crippen LogP contribution >= 0.6 is 0 Å². The van der Waals surface area contributed by atoms with Crippen LogP contribution in [0.4, 0.5) is 14.5 Å². The number of nitrogens with zero attached hydrogens (tertiary/aromatic N) is 3. The Morgan fingerprint density at radius 3 is 2.75 bits per heavy atom. The fourth-order valence-corrected chi connectivity index (χ4v) is 2.09. The van der Waals surface area contributed by atoms with Gasteiger partial charge in [-0.3, -0.25) is 4.79 Å². The number of anilines is 1. The number of carbonyl (C=O) groups is 1. The Morgan fingerprint density at radius 1 is 1.17 bits per heavy atom. The molecule has 0 aliphatic carbocycles. The lowest BCUT2D eigenvalue weighted by molar-refractivity contribution is 0.102. The lowest BCUT2D eigenvalue weighted by atomic mass is 10.2. The predicted molar refractivity (Wildman–Crippen MR) is 82.6 cm³/mol. The van der Waals surface area contributed by atoms with E-state index in [0.717, 1.165) is 6.07 Å². The molecule has 0 fully saturated rings. The lowest BCUT2D eigenvalue weighted by Gasteiger charge is -2.04. The van der Waals surface area contributed by atoms with Gasteiger partial charge in [0, 0.05) is 11.9 Å². The van der Waals surface area contributed by atoms with Crippen LogP contribution in [0.2, 0.25) is 0 Å². The van der Waals surface area contributed by atoms with Crippen LogP contribution in [-0.2, 0) is 0 Å². The van der Waals surface area contributed by atoms with Crippen molar-refractivity contribution in [3.05, 3.63) is 77.6 Å². The second-order valence-corrected chi connectivity index (χ2v) is 4.89. The number of hydrogen-bond acceptors (Lipinski definition) is 3. The first-order chi connectivity index (χ1) is 11.6. The minimum Gasteiger partial charge on any atom is -0.321 e. The average molecular weight is 324 g/mol. The molecule has 0 bridgehead atoms. The van der Waals surface area contributed by atoms with Crippen molar-refractivity contribution >= 4 is 11.6 Å². The van der Waals surface area contributed by atoms with Crippen molar-refractivity contribution in [3.63, 3.8) is 0 Å². The zero-order valence-electron chi connectivity index (χ0n) is 12.2. The third-order valence-corrected chi connectivity index (χ3v) is 3.24. The highest BCUT2D eigenvalue weighted by Gasteiger charge is 2.12. The smallest absolute Gasteiger partial charge is 0.276 e. The molecule has 0 aliphatic rings. The van der Waals surface area contributed by atoms with Gasteiger partial charge < -0.3 is 5.32 Å². The molecule has 0 unspecified atom stereocenters. The Balaban J connectivity index is 1.80. The first-order valence-electron chi connectivity index (χ1n) is 6.89. The van der Waals surface area contributed by atoms with Gasteiger partial charge in [-0.25, -0.2) is 13.5 Å². The van der Waals surface area contributed by atoms with Crippen LogP contribution in [0.1, 0.15) is 16.1 Å². The summed E-state index contributed by atoms with van der Waals surface area (Å²) >= 11 is 0. The maximum absolute atomic E-state index is 13.3. The van der Waals surface area contributed by atoms with Crippen LogP contribution < -0.4 is 5.32 Å². The topological polar surface area (TPSA) is 70.7 Å². The van der Waals surface area contributed by atoms with Crippen LogP contribution in [0.15, 0.2) is 54.7 Å². The first-order valence-corrected chi connectivity index (χ1v) is 6.89. The van der Waals surface area contributed by atoms with Crippen molar-refractivity contribution in [1.29, 1.82) is 5.26 Å². The monoisotopic (exact) mass is 324 g/mol. The number of aromatic nitrogens is 2. The van der Waals surface area contributed by atoms with Crippen molar-refractivity contribution < 1.29 is 13.6 Å². The van der Waals surface area contributed by atoms with Gasteiger partial charge in [-0.15, -0.1) is 0 Å². The lowest BCUT2D eigenvalue weighted by Crippen LogP contribution is -2.13. The van der Waals surface area contributed by atoms with E-state index in [9.17, 15) is 13.6 Å².